The topological polar surface area (TPSA) is 0 Å². The molecule has 0 heterocycles. The van der Waals surface area contributed by atoms with Gasteiger partial charge in [-0.15, -0.1) is 0 Å². The molecule has 16 heavy (non-hydrogen) atoms. The van der Waals surface area contributed by atoms with Gasteiger partial charge in [-0.05, 0) is 2.14 Å². The van der Waals surface area contributed by atoms with Gasteiger partial charge in [-0.25, -0.2) is 12.1 Å². The van der Waals surface area contributed by atoms with Crippen molar-refractivity contribution in [3.63, 3.8) is 0 Å². The summed E-state index contributed by atoms with van der Waals surface area (Å²) in [5.74, 6) is 0. The molecule has 0 aliphatic rings. The van der Waals surface area contributed by atoms with E-state index in [-0.39, 0.29) is 19.2 Å². The van der Waals surface area contributed by atoms with E-state index in [0.717, 1.165) is 0 Å². The average Bonchev–Trinajstić information content (AvgIpc) is 2.73. The fraction of sp³-hybridized carbons (Fsp3) is 0.167. The van der Waals surface area contributed by atoms with Gasteiger partial charge in [0, 0.05) is 17.1 Å². The van der Waals surface area contributed by atoms with Gasteiger partial charge in [-0.3, -0.25) is 0 Å². The number of hydrogen-bond acceptors (Lipinski definition) is 0. The first kappa shape index (κ1) is 16.7. The van der Waals surface area contributed by atoms with Crippen LogP contribution in [0, 0.1) is 6.92 Å². The maximum atomic E-state index is 3.40. The standard InChI is InChI=1S/C6H4Br3.C6H7.Fe/c7-6(8,9)5-3-1-2-4-5;1-6-4-2-3-5-6;/h1-4H;2-5H,1H3;/q-5;-1;. The molecule has 0 atom stereocenters. The van der Waals surface area contributed by atoms with E-state index in [1.54, 1.807) is 0 Å². The third-order valence-electron chi connectivity index (χ3n) is 1.82. The second-order valence-electron chi connectivity index (χ2n) is 3.13. The van der Waals surface area contributed by atoms with Gasteiger partial charge in [0.25, 0.3) is 0 Å². The van der Waals surface area contributed by atoms with E-state index < -0.39 is 0 Å². The van der Waals surface area contributed by atoms with Gasteiger partial charge in [-0.2, -0.15) is 17.7 Å². The predicted molar refractivity (Wildman–Crippen MR) is 77.3 cm³/mol. The third-order valence-corrected chi connectivity index (χ3v) is 3.19. The number of alkyl halides is 3. The van der Waals surface area contributed by atoms with E-state index in [0.29, 0.717) is 0 Å². The maximum absolute atomic E-state index is 3.40. The van der Waals surface area contributed by atoms with E-state index in [1.165, 1.54) is 11.1 Å². The van der Waals surface area contributed by atoms with Crippen molar-refractivity contribution in [3.8, 4) is 0 Å². The Morgan fingerprint density at radius 2 is 1.44 bits per heavy atom. The first-order chi connectivity index (χ1) is 7.00. The summed E-state index contributed by atoms with van der Waals surface area (Å²) >= 11 is 10.2. The Balaban J connectivity index is 0.000000283. The van der Waals surface area contributed by atoms with Gasteiger partial charge in [0.15, 0.2) is 0 Å². The van der Waals surface area contributed by atoms with Crippen LogP contribution in [0.15, 0.2) is 48.5 Å². The zero-order valence-corrected chi connectivity index (χ0v) is 14.5. The largest absolute Gasteiger partial charge is 0.747 e. The molecule has 0 spiro atoms. The van der Waals surface area contributed by atoms with E-state index in [4.69, 9.17) is 0 Å². The molecule has 94 valence electrons. The minimum Gasteiger partial charge on any atom is -0.747 e. The van der Waals surface area contributed by atoms with Crippen molar-refractivity contribution in [2.75, 3.05) is 0 Å². The van der Waals surface area contributed by atoms with E-state index in [1.807, 2.05) is 36.4 Å². The zero-order chi connectivity index (χ0) is 11.3. The van der Waals surface area contributed by atoms with Crippen molar-refractivity contribution in [2.24, 2.45) is 0 Å². The summed E-state index contributed by atoms with van der Waals surface area (Å²) in [6, 6.07) is 16.3. The maximum Gasteiger partial charge on any atom is 0 e. The smallest absolute Gasteiger partial charge is 0 e. The van der Waals surface area contributed by atoms with Crippen LogP contribution < -0.4 is 0 Å². The molecule has 0 N–H and O–H groups in total. The summed E-state index contributed by atoms with van der Waals surface area (Å²) in [7, 11) is 0. The Morgan fingerprint density at radius 3 is 1.62 bits per heavy atom. The number of hydrogen-bond donors (Lipinski definition) is 0. The Kier molecular flexibility index (Phi) is 8.21. The Labute approximate surface area is 132 Å². The van der Waals surface area contributed by atoms with Gasteiger partial charge >= 0.3 is 0 Å². The monoisotopic (exact) mass is 448 g/mol. The molecule has 2 aromatic rings. The van der Waals surface area contributed by atoms with Crippen LogP contribution in [0.25, 0.3) is 0 Å². The molecule has 0 fully saturated rings. The van der Waals surface area contributed by atoms with Gasteiger partial charge in [0.1, 0.15) is 0 Å². The SMILES string of the molecule is BrC(Br)(Br)[c-]1[cH-][cH-][cH-][cH-]1.C[c-]1cccc1.[Fe]. The van der Waals surface area contributed by atoms with Gasteiger partial charge in [0.2, 0.25) is 0 Å². The van der Waals surface area contributed by atoms with E-state index in [9.17, 15) is 0 Å². The fourth-order valence-corrected chi connectivity index (χ4v) is 1.83. The number of aryl methyl sites for hydroxylation is 1. The summed E-state index contributed by atoms with van der Waals surface area (Å²) in [6.07, 6.45) is 0. The molecular formula is C12H11Br3Fe-6. The normalized spacial score (nSPS) is 10.0. The van der Waals surface area contributed by atoms with Crippen molar-refractivity contribution < 1.29 is 17.1 Å². The second-order valence-corrected chi connectivity index (χ2v) is 9.89. The minimum atomic E-state index is -0.240. The van der Waals surface area contributed by atoms with Crippen LogP contribution in [0.1, 0.15) is 11.1 Å². The zero-order valence-electron chi connectivity index (χ0n) is 8.61. The summed E-state index contributed by atoms with van der Waals surface area (Å²) in [6.45, 7) is 2.08. The molecule has 0 aliphatic carbocycles. The molecule has 0 aliphatic heterocycles. The Morgan fingerprint density at radius 1 is 1.00 bits per heavy atom. The van der Waals surface area contributed by atoms with Crippen LogP contribution in [0.4, 0.5) is 0 Å². The first-order valence-electron chi connectivity index (χ1n) is 4.47. The first-order valence-corrected chi connectivity index (χ1v) is 6.85. The number of halogens is 3. The molecule has 0 nitrogen and oxygen atoms in total. The van der Waals surface area contributed by atoms with Crippen molar-refractivity contribution in [1.82, 2.24) is 0 Å². The molecule has 2 aromatic carbocycles. The molecule has 0 aromatic heterocycles. The minimum absolute atomic E-state index is 0. The molecular weight excluding hydrogens is 440 g/mol. The van der Waals surface area contributed by atoms with Gasteiger partial charge in [0.05, 0.1) is 0 Å². The van der Waals surface area contributed by atoms with Crippen LogP contribution in [0.3, 0.4) is 0 Å². The van der Waals surface area contributed by atoms with E-state index >= 15 is 0 Å². The van der Waals surface area contributed by atoms with E-state index in [2.05, 4.69) is 66.8 Å². The molecule has 0 bridgehead atoms. The van der Waals surface area contributed by atoms with Crippen LogP contribution >= 0.6 is 47.8 Å². The van der Waals surface area contributed by atoms with Crippen LogP contribution in [-0.4, -0.2) is 0 Å². The quantitative estimate of drug-likeness (QED) is 0.286. The Bertz CT molecular complexity index is 357. The van der Waals surface area contributed by atoms with Crippen molar-refractivity contribution in [3.05, 3.63) is 59.7 Å². The van der Waals surface area contributed by atoms with Crippen LogP contribution in [-0.2, 0) is 19.2 Å². The Hall–Kier alpha value is 0.659. The average molecular weight is 451 g/mol. The van der Waals surface area contributed by atoms with Crippen molar-refractivity contribution >= 4 is 47.8 Å². The van der Waals surface area contributed by atoms with Gasteiger partial charge < -0.3 is 29.8 Å². The molecule has 0 amide bonds. The van der Waals surface area contributed by atoms with Crippen LogP contribution in [0.5, 0.6) is 0 Å². The van der Waals surface area contributed by atoms with Crippen molar-refractivity contribution in [2.45, 2.75) is 9.07 Å². The molecule has 4 heteroatoms. The summed E-state index contributed by atoms with van der Waals surface area (Å²) in [5, 5.41) is 0. The fourth-order valence-electron chi connectivity index (χ4n) is 1.03. The molecule has 0 radical (unpaired) electrons. The summed E-state index contributed by atoms with van der Waals surface area (Å²) < 4.78 is -0.240. The third kappa shape index (κ3) is 6.41. The summed E-state index contributed by atoms with van der Waals surface area (Å²) in [4.78, 5) is 0. The second kappa shape index (κ2) is 7.88. The molecule has 0 saturated heterocycles. The van der Waals surface area contributed by atoms with Crippen molar-refractivity contribution in [1.29, 1.82) is 0 Å². The summed E-state index contributed by atoms with van der Waals surface area (Å²) in [5.41, 5.74) is 2.51. The molecule has 2 rings (SSSR count). The number of rotatable bonds is 0. The predicted octanol–water partition coefficient (Wildman–Crippen LogP) is 5.41. The molecule has 0 saturated carbocycles. The molecule has 0 unspecified atom stereocenters. The van der Waals surface area contributed by atoms with Crippen LogP contribution in [0.2, 0.25) is 0 Å². The van der Waals surface area contributed by atoms with Gasteiger partial charge in [-0.1, -0.05) is 54.7 Å².